The van der Waals surface area contributed by atoms with Crippen molar-refractivity contribution in [3.8, 4) is 0 Å². The molecule has 1 fully saturated rings. The number of carbonyl (C=O) groups excluding carboxylic acids is 3. The van der Waals surface area contributed by atoms with Crippen molar-refractivity contribution in [1.82, 2.24) is 20.3 Å². The van der Waals surface area contributed by atoms with Crippen molar-refractivity contribution < 1.29 is 36.8 Å². The van der Waals surface area contributed by atoms with E-state index in [1.165, 1.54) is 4.90 Å². The Morgan fingerprint density at radius 2 is 1.91 bits per heavy atom. The number of alkyl halides is 3. The number of rotatable bonds is 5. The normalized spacial score (nSPS) is 18.1. The molecule has 2 aliphatic heterocycles. The summed E-state index contributed by atoms with van der Waals surface area (Å²) in [5, 5.41) is 6.16. The van der Waals surface area contributed by atoms with Gasteiger partial charge in [0.15, 0.2) is 0 Å². The van der Waals surface area contributed by atoms with E-state index < -0.39 is 29.7 Å². The number of ether oxygens (including phenoxy) is 1. The lowest BCUT2D eigenvalue weighted by molar-refractivity contribution is -0.156. The number of piperidine rings is 1. The van der Waals surface area contributed by atoms with Crippen LogP contribution in [-0.4, -0.2) is 64.1 Å². The zero-order valence-electron chi connectivity index (χ0n) is 19.0. The second-order valence-corrected chi connectivity index (χ2v) is 9.34. The molecule has 3 rings (SSSR count). The zero-order chi connectivity index (χ0) is 24.4. The molecule has 1 aromatic rings. The van der Waals surface area contributed by atoms with Crippen molar-refractivity contribution in [2.24, 2.45) is 0 Å². The minimum Gasteiger partial charge on any atom is -0.444 e. The van der Waals surface area contributed by atoms with Gasteiger partial charge in [0.05, 0.1) is 12.6 Å². The molecule has 33 heavy (non-hydrogen) atoms. The Hall–Kier alpha value is -2.79. The molecule has 1 aromatic heterocycles. The van der Waals surface area contributed by atoms with E-state index >= 15 is 0 Å². The molecule has 12 heteroatoms. The molecular formula is C21H29F3N4O5. The standard InChI is InChI=1S/C21H29F3N4O5/c1-20(2,3)32-19(31)25-13(11-27-8-5-4-6-16(27)29)10-17(30)28-9-7-14-15(12-28)26-33-18(14)21(22,23)24/h13H,4-12H2,1-3H3,(H,25,31). The highest BCUT2D eigenvalue weighted by molar-refractivity contribution is 5.79. The van der Waals surface area contributed by atoms with Crippen LogP contribution in [0.15, 0.2) is 4.52 Å². The first-order valence-corrected chi connectivity index (χ1v) is 10.9. The van der Waals surface area contributed by atoms with E-state index in [2.05, 4.69) is 15.0 Å². The van der Waals surface area contributed by atoms with Gasteiger partial charge in [-0.05, 0) is 40.0 Å². The summed E-state index contributed by atoms with van der Waals surface area (Å²) < 4.78 is 48.9. The molecule has 0 saturated carbocycles. The van der Waals surface area contributed by atoms with Gasteiger partial charge in [0.1, 0.15) is 11.3 Å². The van der Waals surface area contributed by atoms with Crippen LogP contribution in [-0.2, 0) is 33.5 Å². The Balaban J connectivity index is 1.68. The topological polar surface area (TPSA) is 105 Å². The van der Waals surface area contributed by atoms with Gasteiger partial charge in [0.25, 0.3) is 0 Å². The number of halogens is 3. The SMILES string of the molecule is CC(C)(C)OC(=O)NC(CC(=O)N1CCc2c(noc2C(F)(F)F)C1)CN1CCCCC1=O. The van der Waals surface area contributed by atoms with Crippen LogP contribution < -0.4 is 5.32 Å². The number of likely N-dealkylation sites (tertiary alicyclic amines) is 1. The Bertz CT molecular complexity index is 893. The maximum atomic E-state index is 13.0. The molecule has 1 unspecified atom stereocenters. The zero-order valence-corrected chi connectivity index (χ0v) is 19.0. The molecule has 0 radical (unpaired) electrons. The van der Waals surface area contributed by atoms with Crippen molar-refractivity contribution in [1.29, 1.82) is 0 Å². The van der Waals surface area contributed by atoms with E-state index in [0.29, 0.717) is 13.0 Å². The number of nitrogens with one attached hydrogen (secondary N) is 1. The summed E-state index contributed by atoms with van der Waals surface area (Å²) in [6.07, 6.45) is -3.48. The Morgan fingerprint density at radius 3 is 2.55 bits per heavy atom. The summed E-state index contributed by atoms with van der Waals surface area (Å²) in [4.78, 5) is 40.5. The summed E-state index contributed by atoms with van der Waals surface area (Å²) in [6, 6.07) is -0.709. The van der Waals surface area contributed by atoms with Crippen LogP contribution in [0.4, 0.5) is 18.0 Å². The lowest BCUT2D eigenvalue weighted by Crippen LogP contribution is -2.50. The van der Waals surface area contributed by atoms with Crippen molar-refractivity contribution in [2.75, 3.05) is 19.6 Å². The largest absolute Gasteiger partial charge is 0.452 e. The van der Waals surface area contributed by atoms with Crippen LogP contribution in [0.1, 0.15) is 63.5 Å². The van der Waals surface area contributed by atoms with Gasteiger partial charge in [-0.2, -0.15) is 13.2 Å². The molecule has 0 aromatic carbocycles. The van der Waals surface area contributed by atoms with E-state index in [0.717, 1.165) is 12.8 Å². The molecule has 184 valence electrons. The highest BCUT2D eigenvalue weighted by atomic mass is 19.4. The van der Waals surface area contributed by atoms with Crippen molar-refractivity contribution in [2.45, 2.75) is 77.2 Å². The third-order valence-electron chi connectivity index (χ3n) is 5.46. The van der Waals surface area contributed by atoms with Crippen LogP contribution in [0.3, 0.4) is 0 Å². The maximum absolute atomic E-state index is 13.0. The summed E-state index contributed by atoms with van der Waals surface area (Å²) in [6.45, 7) is 5.75. The monoisotopic (exact) mass is 474 g/mol. The average molecular weight is 474 g/mol. The smallest absolute Gasteiger partial charge is 0.444 e. The molecule has 1 atom stereocenters. The highest BCUT2D eigenvalue weighted by Gasteiger charge is 2.42. The minimum absolute atomic E-state index is 0.0334. The van der Waals surface area contributed by atoms with E-state index in [1.54, 1.807) is 25.7 Å². The van der Waals surface area contributed by atoms with Crippen LogP contribution in [0.5, 0.6) is 0 Å². The average Bonchev–Trinajstić information content (AvgIpc) is 3.11. The summed E-state index contributed by atoms with van der Waals surface area (Å²) >= 11 is 0. The van der Waals surface area contributed by atoms with Crippen molar-refractivity contribution in [3.63, 3.8) is 0 Å². The van der Waals surface area contributed by atoms with E-state index in [4.69, 9.17) is 4.74 Å². The predicted molar refractivity (Wildman–Crippen MR) is 109 cm³/mol. The fourth-order valence-electron chi connectivity index (χ4n) is 3.96. The van der Waals surface area contributed by atoms with Crippen LogP contribution in [0.25, 0.3) is 0 Å². The molecular weight excluding hydrogens is 445 g/mol. The fraction of sp³-hybridized carbons (Fsp3) is 0.714. The van der Waals surface area contributed by atoms with Gasteiger partial charge in [-0.1, -0.05) is 5.16 Å². The highest BCUT2D eigenvalue weighted by Crippen LogP contribution is 2.35. The lowest BCUT2D eigenvalue weighted by Gasteiger charge is -2.33. The fourth-order valence-corrected chi connectivity index (χ4v) is 3.96. The third-order valence-corrected chi connectivity index (χ3v) is 5.46. The summed E-state index contributed by atoms with van der Waals surface area (Å²) in [7, 11) is 0. The quantitative estimate of drug-likeness (QED) is 0.704. The molecule has 9 nitrogen and oxygen atoms in total. The summed E-state index contributed by atoms with van der Waals surface area (Å²) in [5.74, 6) is -1.55. The Kier molecular flexibility index (Phi) is 7.23. The lowest BCUT2D eigenvalue weighted by atomic mass is 10.0. The number of alkyl carbamates (subject to hydrolysis) is 1. The van der Waals surface area contributed by atoms with Gasteiger partial charge in [-0.15, -0.1) is 0 Å². The second kappa shape index (κ2) is 9.60. The summed E-state index contributed by atoms with van der Waals surface area (Å²) in [5.41, 5.74) is -0.704. The molecule has 0 spiro atoms. The number of aromatic nitrogens is 1. The number of nitrogens with zero attached hydrogens (tertiary/aromatic N) is 3. The number of hydrogen-bond donors (Lipinski definition) is 1. The molecule has 0 bridgehead atoms. The predicted octanol–water partition coefficient (Wildman–Crippen LogP) is 2.87. The van der Waals surface area contributed by atoms with Crippen LogP contribution >= 0.6 is 0 Å². The second-order valence-electron chi connectivity index (χ2n) is 9.34. The first kappa shape index (κ1) is 24.8. The van der Waals surface area contributed by atoms with Crippen molar-refractivity contribution >= 4 is 17.9 Å². The number of carbonyl (C=O) groups is 3. The van der Waals surface area contributed by atoms with Crippen molar-refractivity contribution in [3.05, 3.63) is 17.0 Å². The number of fused-ring (bicyclic) bond motifs is 1. The van der Waals surface area contributed by atoms with E-state index in [9.17, 15) is 27.6 Å². The third kappa shape index (κ3) is 6.61. The first-order valence-electron chi connectivity index (χ1n) is 10.9. The Morgan fingerprint density at radius 1 is 1.18 bits per heavy atom. The van der Waals surface area contributed by atoms with Gasteiger partial charge >= 0.3 is 12.3 Å². The molecule has 1 N–H and O–H groups in total. The van der Waals surface area contributed by atoms with E-state index in [-0.39, 0.29) is 55.5 Å². The molecule has 1 saturated heterocycles. The minimum atomic E-state index is -4.64. The number of hydrogen-bond acceptors (Lipinski definition) is 6. The van der Waals surface area contributed by atoms with Gasteiger partial charge in [0.2, 0.25) is 17.6 Å². The molecule has 3 heterocycles. The first-order chi connectivity index (χ1) is 15.3. The van der Waals surface area contributed by atoms with Gasteiger partial charge in [-0.3, -0.25) is 9.59 Å². The van der Waals surface area contributed by atoms with E-state index in [1.807, 2.05) is 0 Å². The van der Waals surface area contributed by atoms with Gasteiger partial charge < -0.3 is 24.4 Å². The molecule has 3 amide bonds. The molecule has 2 aliphatic rings. The number of amides is 3. The molecule has 0 aliphatic carbocycles. The van der Waals surface area contributed by atoms with Crippen LogP contribution in [0, 0.1) is 0 Å². The van der Waals surface area contributed by atoms with Gasteiger partial charge in [0, 0.05) is 38.0 Å². The van der Waals surface area contributed by atoms with Gasteiger partial charge in [-0.25, -0.2) is 4.79 Å². The Labute approximate surface area is 189 Å². The van der Waals surface area contributed by atoms with Crippen LogP contribution in [0.2, 0.25) is 0 Å². The maximum Gasteiger partial charge on any atom is 0.452 e.